The summed E-state index contributed by atoms with van der Waals surface area (Å²) in [6.45, 7) is 4.16. The Kier molecular flexibility index (Phi) is 7.89. The Bertz CT molecular complexity index is 1130. The smallest absolute Gasteiger partial charge is 0.315 e. The van der Waals surface area contributed by atoms with Crippen molar-refractivity contribution in [3.63, 3.8) is 0 Å². The Hall–Kier alpha value is -2.44. The summed E-state index contributed by atoms with van der Waals surface area (Å²) in [7, 11) is 0. The maximum atomic E-state index is 13.7. The van der Waals surface area contributed by atoms with E-state index in [-0.39, 0.29) is 17.5 Å². The maximum absolute atomic E-state index is 13.7. The average molecular weight is 500 g/mol. The van der Waals surface area contributed by atoms with Gasteiger partial charge in [0.1, 0.15) is 18.3 Å². The van der Waals surface area contributed by atoms with Crippen LogP contribution in [0.4, 0.5) is 4.39 Å². The highest BCUT2D eigenvalue weighted by molar-refractivity contribution is 7.99. The lowest BCUT2D eigenvalue weighted by Crippen LogP contribution is -2.38. The minimum Gasteiger partial charge on any atom is -0.464 e. The molecule has 1 unspecified atom stereocenters. The predicted molar refractivity (Wildman–Crippen MR) is 135 cm³/mol. The molecular formula is C27H27ClFNO3S. The number of aliphatic imine (C=N–C) groups is 1. The number of carbonyl (C=O) groups excluding carboxylic acids is 2. The minimum atomic E-state index is -0.716. The van der Waals surface area contributed by atoms with E-state index in [1.54, 1.807) is 23.9 Å². The third-order valence-electron chi connectivity index (χ3n) is 6.39. The van der Waals surface area contributed by atoms with Crippen molar-refractivity contribution in [1.29, 1.82) is 0 Å². The van der Waals surface area contributed by atoms with Gasteiger partial charge in [-0.1, -0.05) is 42.8 Å². The van der Waals surface area contributed by atoms with Gasteiger partial charge in [0.2, 0.25) is 0 Å². The zero-order valence-electron chi connectivity index (χ0n) is 19.2. The van der Waals surface area contributed by atoms with E-state index in [1.165, 1.54) is 12.1 Å². The van der Waals surface area contributed by atoms with Crippen LogP contribution in [0.3, 0.4) is 0 Å². The summed E-state index contributed by atoms with van der Waals surface area (Å²) < 4.78 is 19.3. The number of ether oxygens (including phenoxy) is 1. The van der Waals surface area contributed by atoms with Gasteiger partial charge in [-0.15, -0.1) is 0 Å². The summed E-state index contributed by atoms with van der Waals surface area (Å²) >= 11 is 7.73. The first-order valence-corrected chi connectivity index (χ1v) is 13.0. The minimum absolute atomic E-state index is 0.0106. The second kappa shape index (κ2) is 10.9. The van der Waals surface area contributed by atoms with Gasteiger partial charge in [-0.05, 0) is 60.4 Å². The number of allylic oxidation sites excluding steroid dienone is 2. The SMILES string of the molecule is CCSCCOC(=O)C1C(C)=NC2=C(C(=O)C[C@@H](c3ccc(Cl)cc3)C2)[C@H]1c1ccc(F)cc1. The number of hydrogen-bond acceptors (Lipinski definition) is 5. The van der Waals surface area contributed by atoms with E-state index >= 15 is 0 Å². The summed E-state index contributed by atoms with van der Waals surface area (Å²) in [5.74, 6) is -0.417. The van der Waals surface area contributed by atoms with Gasteiger partial charge >= 0.3 is 5.97 Å². The molecule has 7 heteroatoms. The molecule has 2 aromatic rings. The van der Waals surface area contributed by atoms with Crippen molar-refractivity contribution in [2.24, 2.45) is 10.9 Å². The van der Waals surface area contributed by atoms with Crippen LogP contribution >= 0.6 is 23.4 Å². The molecule has 3 atom stereocenters. The van der Waals surface area contributed by atoms with Crippen LogP contribution < -0.4 is 0 Å². The highest BCUT2D eigenvalue weighted by Gasteiger charge is 2.44. The molecule has 4 nitrogen and oxygen atoms in total. The molecule has 2 aliphatic rings. The van der Waals surface area contributed by atoms with Crippen molar-refractivity contribution in [3.8, 4) is 0 Å². The lowest BCUT2D eigenvalue weighted by atomic mass is 9.69. The normalized spacial score (nSPS) is 22.3. The quantitative estimate of drug-likeness (QED) is 0.329. The first-order chi connectivity index (χ1) is 16.4. The van der Waals surface area contributed by atoms with Gasteiger partial charge in [-0.2, -0.15) is 11.8 Å². The Labute approximate surface area is 208 Å². The average Bonchev–Trinajstić information content (AvgIpc) is 2.81. The van der Waals surface area contributed by atoms with Crippen molar-refractivity contribution in [3.05, 3.63) is 81.8 Å². The van der Waals surface area contributed by atoms with Gasteiger partial charge in [-0.25, -0.2) is 4.39 Å². The predicted octanol–water partition coefficient (Wildman–Crippen LogP) is 6.35. The fraction of sp³-hybridized carbons (Fsp3) is 0.370. The third kappa shape index (κ3) is 5.28. The van der Waals surface area contributed by atoms with E-state index in [2.05, 4.69) is 6.92 Å². The zero-order chi connectivity index (χ0) is 24.2. The molecule has 1 aliphatic heterocycles. The topological polar surface area (TPSA) is 55.7 Å². The molecule has 4 rings (SSSR count). The molecule has 0 bridgehead atoms. The van der Waals surface area contributed by atoms with Gasteiger partial charge in [0.25, 0.3) is 0 Å². The maximum Gasteiger partial charge on any atom is 0.315 e. The first kappa shape index (κ1) is 24.7. The molecule has 0 N–H and O–H groups in total. The number of Topliss-reactive ketones (excluding diaryl/α,β-unsaturated/α-hetero) is 1. The molecular weight excluding hydrogens is 473 g/mol. The van der Waals surface area contributed by atoms with Crippen molar-refractivity contribution in [2.45, 2.75) is 38.5 Å². The standard InChI is InChI=1S/C27H27ClFNO3S/c1-3-34-13-12-33-27(32)24-16(2)30-22-14-19(17-4-8-20(28)9-5-17)15-23(31)26(22)25(24)18-6-10-21(29)11-7-18/h4-11,19,24-25H,3,12-15H2,1-2H3/t19-,24?,25-/m0/s1. The molecule has 0 aromatic heterocycles. The van der Waals surface area contributed by atoms with Crippen LogP contribution in [0, 0.1) is 11.7 Å². The molecule has 0 amide bonds. The largest absolute Gasteiger partial charge is 0.464 e. The molecule has 2 aromatic carbocycles. The Morgan fingerprint density at radius 3 is 2.47 bits per heavy atom. The molecule has 0 fully saturated rings. The number of thioether (sulfide) groups is 1. The fourth-order valence-electron chi connectivity index (χ4n) is 4.80. The van der Waals surface area contributed by atoms with Gasteiger partial charge < -0.3 is 4.74 Å². The van der Waals surface area contributed by atoms with Crippen LogP contribution in [0.15, 0.2) is 64.8 Å². The molecule has 1 aliphatic carbocycles. The number of benzene rings is 2. The molecule has 0 radical (unpaired) electrons. The summed E-state index contributed by atoms with van der Waals surface area (Å²) in [5.41, 5.74) is 3.61. The zero-order valence-corrected chi connectivity index (χ0v) is 20.8. The number of ketones is 1. The number of carbonyl (C=O) groups is 2. The molecule has 0 saturated heterocycles. The monoisotopic (exact) mass is 499 g/mol. The lowest BCUT2D eigenvalue weighted by Gasteiger charge is -2.36. The number of hydrogen-bond donors (Lipinski definition) is 0. The second-order valence-electron chi connectivity index (χ2n) is 8.56. The molecule has 0 saturated carbocycles. The number of halogens is 2. The van der Waals surface area contributed by atoms with Crippen molar-refractivity contribution in [1.82, 2.24) is 0 Å². The Morgan fingerprint density at radius 1 is 1.12 bits per heavy atom. The number of nitrogens with zero attached hydrogens (tertiary/aromatic N) is 1. The molecule has 0 spiro atoms. The van der Waals surface area contributed by atoms with Crippen molar-refractivity contribution < 1.29 is 18.7 Å². The van der Waals surface area contributed by atoms with Gasteiger partial charge in [0.15, 0.2) is 5.78 Å². The van der Waals surface area contributed by atoms with Gasteiger partial charge in [0.05, 0.1) is 0 Å². The first-order valence-electron chi connectivity index (χ1n) is 11.5. The number of esters is 1. The van der Waals surface area contributed by atoms with Crippen LogP contribution in [0.2, 0.25) is 5.02 Å². The van der Waals surface area contributed by atoms with E-state index < -0.39 is 17.8 Å². The Balaban J connectivity index is 1.70. The third-order valence-corrected chi connectivity index (χ3v) is 7.50. The van der Waals surface area contributed by atoms with E-state index in [0.717, 1.165) is 11.3 Å². The summed E-state index contributed by atoms with van der Waals surface area (Å²) in [4.78, 5) is 31.5. The lowest BCUT2D eigenvalue weighted by molar-refractivity contribution is -0.145. The Morgan fingerprint density at radius 2 is 1.79 bits per heavy atom. The molecule has 1 heterocycles. The van der Waals surface area contributed by atoms with Gasteiger partial charge in [-0.3, -0.25) is 14.6 Å². The van der Waals surface area contributed by atoms with Crippen LogP contribution in [0.1, 0.15) is 49.7 Å². The summed E-state index contributed by atoms with van der Waals surface area (Å²) in [6, 6.07) is 13.6. The fourth-order valence-corrected chi connectivity index (χ4v) is 5.42. The molecule has 34 heavy (non-hydrogen) atoms. The van der Waals surface area contributed by atoms with E-state index in [0.29, 0.717) is 52.8 Å². The van der Waals surface area contributed by atoms with Crippen LogP contribution in [-0.2, 0) is 14.3 Å². The van der Waals surface area contributed by atoms with E-state index in [1.807, 2.05) is 31.2 Å². The van der Waals surface area contributed by atoms with E-state index in [4.69, 9.17) is 21.3 Å². The molecule has 178 valence electrons. The van der Waals surface area contributed by atoms with Crippen LogP contribution in [-0.4, -0.2) is 35.6 Å². The second-order valence-corrected chi connectivity index (χ2v) is 10.4. The number of rotatable bonds is 7. The van der Waals surface area contributed by atoms with Crippen molar-refractivity contribution in [2.75, 3.05) is 18.1 Å². The highest BCUT2D eigenvalue weighted by atomic mass is 35.5. The highest BCUT2D eigenvalue weighted by Crippen LogP contribution is 2.46. The van der Waals surface area contributed by atoms with E-state index in [9.17, 15) is 14.0 Å². The van der Waals surface area contributed by atoms with Crippen molar-refractivity contribution >= 4 is 40.8 Å². The van der Waals surface area contributed by atoms with Gasteiger partial charge in [0, 0.05) is 40.1 Å². The van der Waals surface area contributed by atoms with Crippen LogP contribution in [0.5, 0.6) is 0 Å². The summed E-state index contributed by atoms with van der Waals surface area (Å²) in [6.07, 6.45) is 0.911. The summed E-state index contributed by atoms with van der Waals surface area (Å²) in [5, 5.41) is 0.646. The van der Waals surface area contributed by atoms with Crippen LogP contribution in [0.25, 0.3) is 0 Å².